The van der Waals surface area contributed by atoms with Gasteiger partial charge in [-0.15, -0.1) is 0 Å². The van der Waals surface area contributed by atoms with Gasteiger partial charge >= 0.3 is 6.18 Å². The first-order valence-electron chi connectivity index (χ1n) is 5.60. The average Bonchev–Trinajstić information content (AvgIpc) is 2.39. The molecule has 0 aromatic heterocycles. The lowest BCUT2D eigenvalue weighted by molar-refractivity contribution is -0.138. The van der Waals surface area contributed by atoms with E-state index < -0.39 is 20.7 Å². The zero-order chi connectivity index (χ0) is 15.4. The van der Waals surface area contributed by atoms with E-state index in [9.17, 15) is 13.2 Å². The minimum atomic E-state index is -4.44. The van der Waals surface area contributed by atoms with Crippen LogP contribution in [0.2, 0.25) is 0 Å². The molecule has 2 aromatic carbocycles. The quantitative estimate of drug-likeness (QED) is 0.370. The predicted octanol–water partition coefficient (Wildman–Crippen LogP) is 6.38. The maximum absolute atomic E-state index is 13.2. The largest absolute Gasteiger partial charge is 0.418 e. The fraction of sp³-hybridized carbons (Fsp3) is 0.0769. The van der Waals surface area contributed by atoms with Gasteiger partial charge in [0.15, 0.2) is 0 Å². The van der Waals surface area contributed by atoms with E-state index in [1.807, 2.05) is 6.07 Å². The Hall–Kier alpha value is -0.180. The number of benzene rings is 2. The fourth-order valence-corrected chi connectivity index (χ4v) is 5.97. The molecule has 0 N–H and O–H groups in total. The second kappa shape index (κ2) is 5.47. The SMILES string of the molecule is FC(F)(F)c1cc(Br)cc2c1=Nc1ccc(Br)cc1S=2Br. The number of hydrogen-bond donors (Lipinski definition) is 0. The number of nitrogens with zero attached hydrogens (tertiary/aromatic N) is 1. The highest BCUT2D eigenvalue weighted by molar-refractivity contribution is 9.52. The van der Waals surface area contributed by atoms with E-state index >= 15 is 0 Å². The molecule has 1 nitrogen and oxygen atoms in total. The number of halogens is 6. The van der Waals surface area contributed by atoms with Crippen molar-refractivity contribution in [2.75, 3.05) is 0 Å². The third-order valence-electron chi connectivity index (χ3n) is 2.89. The Kier molecular flexibility index (Phi) is 4.09. The molecular formula is C13H5Br3F3NS. The average molecular weight is 504 g/mol. The van der Waals surface area contributed by atoms with E-state index in [1.165, 1.54) is 0 Å². The van der Waals surface area contributed by atoms with Crippen molar-refractivity contribution in [3.63, 3.8) is 0 Å². The zero-order valence-electron chi connectivity index (χ0n) is 10.0. The Morgan fingerprint density at radius 3 is 2.38 bits per heavy atom. The summed E-state index contributed by atoms with van der Waals surface area (Å²) in [5.41, 5.74) is -0.170. The lowest BCUT2D eigenvalue weighted by Crippen LogP contribution is -2.21. The minimum Gasteiger partial charge on any atom is -0.246 e. The Balaban J connectivity index is 2.47. The van der Waals surface area contributed by atoms with E-state index in [0.29, 0.717) is 14.7 Å². The first-order chi connectivity index (χ1) is 9.77. The number of alkyl halides is 3. The molecule has 21 heavy (non-hydrogen) atoms. The van der Waals surface area contributed by atoms with Crippen molar-refractivity contribution in [3.8, 4) is 0 Å². The lowest BCUT2D eigenvalue weighted by atomic mass is 10.2. The molecule has 8 heteroatoms. The molecule has 2 aromatic rings. The molecule has 3 rings (SSSR count). The van der Waals surface area contributed by atoms with Crippen LogP contribution in [0.4, 0.5) is 18.9 Å². The molecule has 0 spiro atoms. The molecule has 1 unspecified atom stereocenters. The van der Waals surface area contributed by atoms with Crippen molar-refractivity contribution >= 4 is 61.3 Å². The van der Waals surface area contributed by atoms with Crippen molar-refractivity contribution in [1.29, 1.82) is 0 Å². The van der Waals surface area contributed by atoms with Gasteiger partial charge in [-0.2, -0.15) is 13.2 Å². The summed E-state index contributed by atoms with van der Waals surface area (Å²) in [7, 11) is -0.647. The first-order valence-corrected chi connectivity index (χ1v) is 10.3. The van der Waals surface area contributed by atoms with Crippen molar-refractivity contribution < 1.29 is 13.2 Å². The topological polar surface area (TPSA) is 12.4 Å². The number of hydrogen-bond acceptors (Lipinski definition) is 1. The molecular weight excluding hydrogens is 499 g/mol. The highest BCUT2D eigenvalue weighted by Gasteiger charge is 2.34. The molecule has 0 fully saturated rings. The van der Waals surface area contributed by atoms with Crippen LogP contribution in [-0.2, 0) is 6.18 Å². The summed E-state index contributed by atoms with van der Waals surface area (Å²) < 4.78 is 41.4. The van der Waals surface area contributed by atoms with Crippen LogP contribution in [-0.4, -0.2) is 0 Å². The highest BCUT2D eigenvalue weighted by atomic mass is 79.9. The summed E-state index contributed by atoms with van der Waals surface area (Å²) >= 11 is 10.0. The lowest BCUT2D eigenvalue weighted by Gasteiger charge is -2.15. The van der Waals surface area contributed by atoms with Gasteiger partial charge in [-0.1, -0.05) is 40.8 Å². The van der Waals surface area contributed by atoms with E-state index in [0.717, 1.165) is 15.4 Å². The zero-order valence-corrected chi connectivity index (χ0v) is 15.6. The van der Waals surface area contributed by atoms with Crippen LogP contribution in [0.1, 0.15) is 5.56 Å². The van der Waals surface area contributed by atoms with Crippen LogP contribution < -0.4 is 5.36 Å². The maximum atomic E-state index is 13.2. The molecule has 0 bridgehead atoms. The van der Waals surface area contributed by atoms with E-state index in [-0.39, 0.29) is 5.36 Å². The van der Waals surface area contributed by atoms with Gasteiger partial charge in [-0.25, -0.2) is 4.99 Å². The molecule has 0 aliphatic carbocycles. The van der Waals surface area contributed by atoms with Crippen LogP contribution in [0.15, 0.2) is 49.2 Å². The van der Waals surface area contributed by atoms with E-state index in [4.69, 9.17) is 0 Å². The van der Waals surface area contributed by atoms with Crippen LogP contribution >= 0.6 is 55.6 Å². The molecule has 0 radical (unpaired) electrons. The molecule has 1 aliphatic heterocycles. The summed E-state index contributed by atoms with van der Waals surface area (Å²) in [4.78, 5) is 5.09. The number of rotatable bonds is 0. The third kappa shape index (κ3) is 2.87. The van der Waals surface area contributed by atoms with Crippen LogP contribution in [0.5, 0.6) is 0 Å². The van der Waals surface area contributed by atoms with Gasteiger partial charge < -0.3 is 0 Å². The van der Waals surface area contributed by atoms with Gasteiger partial charge in [0.25, 0.3) is 0 Å². The molecule has 1 atom stereocenters. The first kappa shape index (κ1) is 15.7. The molecule has 0 amide bonds. The van der Waals surface area contributed by atoms with Crippen molar-refractivity contribution in [2.24, 2.45) is 4.99 Å². The van der Waals surface area contributed by atoms with Crippen molar-refractivity contribution in [1.82, 2.24) is 0 Å². The summed E-state index contributed by atoms with van der Waals surface area (Å²) in [6, 6.07) is 8.09. The van der Waals surface area contributed by atoms with Crippen LogP contribution in [0, 0.1) is 4.51 Å². The molecule has 0 saturated heterocycles. The van der Waals surface area contributed by atoms with Gasteiger partial charge in [-0.3, -0.25) is 0 Å². The summed E-state index contributed by atoms with van der Waals surface area (Å²) in [6.45, 7) is 0. The monoisotopic (exact) mass is 501 g/mol. The molecule has 1 aliphatic rings. The summed E-state index contributed by atoms with van der Waals surface area (Å²) in [5.74, 6) is 0. The van der Waals surface area contributed by atoms with Crippen molar-refractivity contribution in [3.05, 3.63) is 54.7 Å². The maximum Gasteiger partial charge on any atom is 0.418 e. The van der Waals surface area contributed by atoms with E-state index in [1.54, 1.807) is 18.2 Å². The van der Waals surface area contributed by atoms with Gasteiger partial charge in [0.2, 0.25) is 0 Å². The number of fused-ring (bicyclic) bond motifs is 2. The molecule has 0 saturated carbocycles. The van der Waals surface area contributed by atoms with Gasteiger partial charge in [0, 0.05) is 18.4 Å². The Bertz CT molecular complexity index is 877. The second-order valence-electron chi connectivity index (χ2n) is 4.28. The molecule has 1 heterocycles. The summed E-state index contributed by atoms with van der Waals surface area (Å²) in [6.07, 6.45) is -4.44. The summed E-state index contributed by atoms with van der Waals surface area (Å²) in [5, 5.41) is -0.0132. The Labute approximate surface area is 144 Å². The second-order valence-corrected chi connectivity index (χ2v) is 9.44. The van der Waals surface area contributed by atoms with Crippen molar-refractivity contribution in [2.45, 2.75) is 11.1 Å². The van der Waals surface area contributed by atoms with Gasteiger partial charge in [-0.05, 0) is 45.1 Å². The van der Waals surface area contributed by atoms with Gasteiger partial charge in [0.05, 0.1) is 16.6 Å². The molecule has 110 valence electrons. The smallest absolute Gasteiger partial charge is 0.246 e. The Morgan fingerprint density at radius 2 is 1.71 bits per heavy atom. The third-order valence-corrected chi connectivity index (χ3v) is 7.34. The van der Waals surface area contributed by atoms with Crippen LogP contribution in [0.3, 0.4) is 0 Å². The van der Waals surface area contributed by atoms with E-state index in [2.05, 4.69) is 51.7 Å². The minimum absolute atomic E-state index is 0.0132. The van der Waals surface area contributed by atoms with Crippen LogP contribution in [0.25, 0.3) is 0 Å². The predicted molar refractivity (Wildman–Crippen MR) is 87.7 cm³/mol. The fourth-order valence-electron chi connectivity index (χ4n) is 2.01. The Morgan fingerprint density at radius 1 is 1.00 bits per heavy atom. The standard InChI is InChI=1S/C13H5Br3F3NS/c14-6-1-2-9-10(4-6)21(16)11-5-7(15)3-8(12(11)20-9)13(17,18)19/h1-5H. The highest BCUT2D eigenvalue weighted by Crippen LogP contribution is 2.46. The van der Waals surface area contributed by atoms with Gasteiger partial charge in [0.1, 0.15) is 0 Å². The normalized spacial score (nSPS) is 17.0.